The molecule has 0 aliphatic carbocycles. The Morgan fingerprint density at radius 3 is 2.94 bits per heavy atom. The molecule has 2 aromatic rings. The molecule has 0 amide bonds. The first-order valence-corrected chi connectivity index (χ1v) is 5.70. The molecule has 17 heavy (non-hydrogen) atoms. The van der Waals surface area contributed by atoms with Crippen molar-refractivity contribution in [2.24, 2.45) is 7.05 Å². The van der Waals surface area contributed by atoms with Gasteiger partial charge in [0, 0.05) is 19.8 Å². The van der Waals surface area contributed by atoms with Crippen LogP contribution in [0.5, 0.6) is 5.75 Å². The number of phenols is 1. The van der Waals surface area contributed by atoms with Gasteiger partial charge in [0.1, 0.15) is 5.75 Å². The lowest BCUT2D eigenvalue weighted by atomic mass is 10.2. The van der Waals surface area contributed by atoms with Gasteiger partial charge in [0.15, 0.2) is 0 Å². The second-order valence-corrected chi connectivity index (χ2v) is 4.12. The summed E-state index contributed by atoms with van der Waals surface area (Å²) in [5.41, 5.74) is 2.33. The third-order valence-electron chi connectivity index (χ3n) is 2.59. The topological polar surface area (TPSA) is 50.1 Å². The van der Waals surface area contributed by atoms with Gasteiger partial charge in [-0.3, -0.25) is 4.68 Å². The van der Waals surface area contributed by atoms with E-state index in [9.17, 15) is 5.11 Å². The zero-order chi connectivity index (χ0) is 12.1. The van der Waals surface area contributed by atoms with E-state index < -0.39 is 0 Å². The molecule has 1 heterocycles. The van der Waals surface area contributed by atoms with Crippen molar-refractivity contribution in [1.82, 2.24) is 15.1 Å². The van der Waals surface area contributed by atoms with Crippen LogP contribution in [0.4, 0.5) is 0 Å². The Kier molecular flexibility index (Phi) is 3.77. The Balaban J connectivity index is 1.73. The first kappa shape index (κ1) is 11.7. The van der Waals surface area contributed by atoms with Crippen LogP contribution in [0, 0.1) is 0 Å². The lowest BCUT2D eigenvalue weighted by molar-refractivity contribution is 0.474. The maximum Gasteiger partial charge on any atom is 0.115 e. The summed E-state index contributed by atoms with van der Waals surface area (Å²) in [4.78, 5) is 0. The molecule has 0 saturated heterocycles. The molecule has 0 aliphatic rings. The number of aryl methyl sites for hydroxylation is 1. The molecule has 0 fully saturated rings. The lowest BCUT2D eigenvalue weighted by Crippen LogP contribution is -2.16. The van der Waals surface area contributed by atoms with E-state index in [2.05, 4.69) is 10.4 Å². The highest BCUT2D eigenvalue weighted by atomic mass is 16.3. The van der Waals surface area contributed by atoms with Crippen LogP contribution >= 0.6 is 0 Å². The predicted molar refractivity (Wildman–Crippen MR) is 66.7 cm³/mol. The SMILES string of the molecule is Cn1cc(CCNCc2cccc(O)c2)cn1. The summed E-state index contributed by atoms with van der Waals surface area (Å²) < 4.78 is 1.81. The van der Waals surface area contributed by atoms with Crippen molar-refractivity contribution in [2.75, 3.05) is 6.54 Å². The molecule has 2 N–H and O–H groups in total. The van der Waals surface area contributed by atoms with Gasteiger partial charge in [-0.05, 0) is 36.2 Å². The van der Waals surface area contributed by atoms with Crippen molar-refractivity contribution in [2.45, 2.75) is 13.0 Å². The van der Waals surface area contributed by atoms with Crippen LogP contribution in [0.2, 0.25) is 0 Å². The van der Waals surface area contributed by atoms with Crippen LogP contribution in [-0.2, 0) is 20.0 Å². The van der Waals surface area contributed by atoms with Gasteiger partial charge in [0.2, 0.25) is 0 Å². The van der Waals surface area contributed by atoms with E-state index in [1.807, 2.05) is 36.3 Å². The Labute approximate surface area is 101 Å². The fourth-order valence-corrected chi connectivity index (χ4v) is 1.73. The van der Waals surface area contributed by atoms with Crippen molar-refractivity contribution >= 4 is 0 Å². The maximum atomic E-state index is 9.31. The number of nitrogens with zero attached hydrogens (tertiary/aromatic N) is 2. The largest absolute Gasteiger partial charge is 0.508 e. The van der Waals surface area contributed by atoms with Gasteiger partial charge in [0.25, 0.3) is 0 Å². The third kappa shape index (κ3) is 3.60. The van der Waals surface area contributed by atoms with Crippen molar-refractivity contribution in [3.8, 4) is 5.75 Å². The molecule has 4 heteroatoms. The van der Waals surface area contributed by atoms with Gasteiger partial charge < -0.3 is 10.4 Å². The van der Waals surface area contributed by atoms with Crippen LogP contribution in [0.15, 0.2) is 36.7 Å². The fraction of sp³-hybridized carbons (Fsp3) is 0.308. The number of hydrogen-bond donors (Lipinski definition) is 2. The van der Waals surface area contributed by atoms with E-state index in [0.717, 1.165) is 25.1 Å². The monoisotopic (exact) mass is 231 g/mol. The standard InChI is InChI=1S/C13H17N3O/c1-16-10-12(9-15-16)5-6-14-8-11-3-2-4-13(17)7-11/h2-4,7,9-10,14,17H,5-6,8H2,1H3. The van der Waals surface area contributed by atoms with Gasteiger partial charge in [0.05, 0.1) is 6.20 Å². The molecule has 0 spiro atoms. The van der Waals surface area contributed by atoms with E-state index in [-0.39, 0.29) is 0 Å². The summed E-state index contributed by atoms with van der Waals surface area (Å²) >= 11 is 0. The predicted octanol–water partition coefficient (Wildman–Crippen LogP) is 1.46. The lowest BCUT2D eigenvalue weighted by Gasteiger charge is -2.04. The zero-order valence-corrected chi connectivity index (χ0v) is 9.93. The van der Waals surface area contributed by atoms with E-state index in [1.54, 1.807) is 12.1 Å². The average molecular weight is 231 g/mol. The number of hydrogen-bond acceptors (Lipinski definition) is 3. The van der Waals surface area contributed by atoms with E-state index in [4.69, 9.17) is 0 Å². The van der Waals surface area contributed by atoms with Crippen molar-refractivity contribution in [1.29, 1.82) is 0 Å². The number of benzene rings is 1. The highest BCUT2D eigenvalue weighted by Gasteiger charge is 1.97. The van der Waals surface area contributed by atoms with Crippen molar-refractivity contribution in [3.63, 3.8) is 0 Å². The van der Waals surface area contributed by atoms with Crippen LogP contribution in [0.25, 0.3) is 0 Å². The Morgan fingerprint density at radius 2 is 2.24 bits per heavy atom. The van der Waals surface area contributed by atoms with Crippen LogP contribution in [0.3, 0.4) is 0 Å². The van der Waals surface area contributed by atoms with Crippen LogP contribution in [0.1, 0.15) is 11.1 Å². The summed E-state index contributed by atoms with van der Waals surface area (Å²) in [6.45, 7) is 1.68. The highest BCUT2D eigenvalue weighted by molar-refractivity contribution is 5.26. The third-order valence-corrected chi connectivity index (χ3v) is 2.59. The Bertz CT molecular complexity index is 479. The van der Waals surface area contributed by atoms with E-state index in [1.165, 1.54) is 5.56 Å². The maximum absolute atomic E-state index is 9.31. The van der Waals surface area contributed by atoms with E-state index in [0.29, 0.717) is 5.75 Å². The van der Waals surface area contributed by atoms with Crippen LogP contribution in [-0.4, -0.2) is 21.4 Å². The molecule has 0 bridgehead atoms. The van der Waals surface area contributed by atoms with Crippen molar-refractivity contribution in [3.05, 3.63) is 47.8 Å². The number of phenolic OH excluding ortho intramolecular Hbond substituents is 1. The molecule has 4 nitrogen and oxygen atoms in total. The minimum absolute atomic E-state index is 0.316. The number of nitrogens with one attached hydrogen (secondary N) is 1. The summed E-state index contributed by atoms with van der Waals surface area (Å²) in [6.07, 6.45) is 4.87. The van der Waals surface area contributed by atoms with Gasteiger partial charge in [-0.25, -0.2) is 0 Å². The molecule has 0 aliphatic heterocycles. The molecule has 2 rings (SSSR count). The fourth-order valence-electron chi connectivity index (χ4n) is 1.73. The molecule has 0 unspecified atom stereocenters. The number of rotatable bonds is 5. The average Bonchev–Trinajstić information content (AvgIpc) is 2.71. The first-order valence-electron chi connectivity index (χ1n) is 5.70. The number of aromatic hydroxyl groups is 1. The van der Waals surface area contributed by atoms with Gasteiger partial charge in [-0.15, -0.1) is 0 Å². The molecule has 1 aromatic heterocycles. The Hall–Kier alpha value is -1.81. The Morgan fingerprint density at radius 1 is 1.35 bits per heavy atom. The second-order valence-electron chi connectivity index (χ2n) is 4.12. The molecule has 0 atom stereocenters. The highest BCUT2D eigenvalue weighted by Crippen LogP contribution is 2.10. The minimum Gasteiger partial charge on any atom is -0.508 e. The molecular formula is C13H17N3O. The zero-order valence-electron chi connectivity index (χ0n) is 9.93. The quantitative estimate of drug-likeness (QED) is 0.766. The molecule has 0 saturated carbocycles. The summed E-state index contributed by atoms with van der Waals surface area (Å²) in [5.74, 6) is 0.316. The van der Waals surface area contributed by atoms with Gasteiger partial charge >= 0.3 is 0 Å². The molecule has 0 radical (unpaired) electrons. The summed E-state index contributed by atoms with van der Waals surface area (Å²) in [7, 11) is 1.92. The number of aromatic nitrogens is 2. The normalized spacial score (nSPS) is 10.6. The summed E-state index contributed by atoms with van der Waals surface area (Å²) in [6, 6.07) is 7.31. The minimum atomic E-state index is 0.316. The second kappa shape index (κ2) is 5.50. The van der Waals surface area contributed by atoms with Crippen molar-refractivity contribution < 1.29 is 5.11 Å². The van der Waals surface area contributed by atoms with Crippen LogP contribution < -0.4 is 5.32 Å². The van der Waals surface area contributed by atoms with E-state index >= 15 is 0 Å². The molecule has 90 valence electrons. The smallest absolute Gasteiger partial charge is 0.115 e. The summed E-state index contributed by atoms with van der Waals surface area (Å²) in [5, 5.41) is 16.8. The van der Waals surface area contributed by atoms with Gasteiger partial charge in [-0.2, -0.15) is 5.10 Å². The first-order chi connectivity index (χ1) is 8.24. The molecule has 1 aromatic carbocycles. The van der Waals surface area contributed by atoms with Gasteiger partial charge in [-0.1, -0.05) is 12.1 Å². The molecular weight excluding hydrogens is 214 g/mol.